The first kappa shape index (κ1) is 14.3. The Morgan fingerprint density at radius 1 is 1.10 bits per heavy atom. The Morgan fingerprint density at radius 2 is 1.75 bits per heavy atom. The number of hydrogen-bond donors (Lipinski definition) is 0. The van der Waals surface area contributed by atoms with Crippen LogP contribution in [0, 0.1) is 15.9 Å². The summed E-state index contributed by atoms with van der Waals surface area (Å²) >= 11 is 1.56. The number of nitrogens with zero attached hydrogens (tertiary/aromatic N) is 1. The highest BCUT2D eigenvalue weighted by Crippen LogP contribution is 2.20. The van der Waals surface area contributed by atoms with Gasteiger partial charge in [0.15, 0.2) is 0 Å². The Kier molecular flexibility index (Phi) is 4.95. The third kappa shape index (κ3) is 4.24. The molecule has 0 atom stereocenters. The predicted octanol–water partition coefficient (Wildman–Crippen LogP) is 3.91. The van der Waals surface area contributed by atoms with Crippen molar-refractivity contribution in [3.05, 3.63) is 64.5 Å². The van der Waals surface area contributed by atoms with Crippen molar-refractivity contribution in [2.75, 3.05) is 12.4 Å². The molecule has 0 saturated heterocycles. The largest absolute Gasteiger partial charge is 0.493 e. The van der Waals surface area contributed by atoms with Gasteiger partial charge in [-0.2, -0.15) is 0 Å². The van der Waals surface area contributed by atoms with Crippen LogP contribution in [0.1, 0.15) is 0 Å². The highest BCUT2D eigenvalue weighted by Gasteiger charge is 2.04. The first-order valence-corrected chi connectivity index (χ1v) is 6.89. The molecule has 0 heterocycles. The van der Waals surface area contributed by atoms with Gasteiger partial charge >= 0.3 is 0 Å². The first-order valence-electron chi connectivity index (χ1n) is 5.91. The summed E-state index contributed by atoms with van der Waals surface area (Å²) in [5.74, 6) is 1.05. The molecule has 2 aromatic rings. The van der Waals surface area contributed by atoms with E-state index in [4.69, 9.17) is 4.74 Å². The molecule has 2 rings (SSSR count). The molecule has 20 heavy (non-hydrogen) atoms. The van der Waals surface area contributed by atoms with Crippen LogP contribution in [-0.2, 0) is 0 Å². The number of thioether (sulfide) groups is 1. The van der Waals surface area contributed by atoms with E-state index in [-0.39, 0.29) is 11.5 Å². The van der Waals surface area contributed by atoms with E-state index in [0.717, 1.165) is 4.90 Å². The number of hydrogen-bond acceptors (Lipinski definition) is 4. The van der Waals surface area contributed by atoms with Crippen molar-refractivity contribution in [2.45, 2.75) is 4.90 Å². The minimum Gasteiger partial charge on any atom is -0.493 e. The van der Waals surface area contributed by atoms with Gasteiger partial charge in [-0.15, -0.1) is 11.8 Å². The molecule has 0 N–H and O–H groups in total. The Balaban J connectivity index is 1.75. The number of nitro benzene ring substituents is 1. The van der Waals surface area contributed by atoms with Crippen LogP contribution in [-0.4, -0.2) is 17.3 Å². The number of benzene rings is 2. The summed E-state index contributed by atoms with van der Waals surface area (Å²) in [6.07, 6.45) is 0. The van der Waals surface area contributed by atoms with Gasteiger partial charge in [0.1, 0.15) is 11.6 Å². The van der Waals surface area contributed by atoms with Crippen molar-refractivity contribution in [3.63, 3.8) is 0 Å². The molecule has 6 heteroatoms. The molecule has 0 saturated carbocycles. The molecular formula is C14H12FNO3S. The Labute approximate surface area is 119 Å². The standard InChI is InChI=1S/C14H12FNO3S/c15-11-1-7-14(8-2-11)20-10-9-19-13-5-3-12(4-6-13)16(17)18/h1-8H,9-10H2. The van der Waals surface area contributed by atoms with Crippen LogP contribution < -0.4 is 4.74 Å². The van der Waals surface area contributed by atoms with E-state index in [1.54, 1.807) is 36.0 Å². The second kappa shape index (κ2) is 6.91. The zero-order chi connectivity index (χ0) is 14.4. The van der Waals surface area contributed by atoms with Crippen molar-refractivity contribution in [2.24, 2.45) is 0 Å². The second-order valence-corrected chi connectivity index (χ2v) is 5.07. The van der Waals surface area contributed by atoms with Gasteiger partial charge in [-0.1, -0.05) is 0 Å². The average molecular weight is 293 g/mol. The van der Waals surface area contributed by atoms with Crippen LogP contribution in [0.5, 0.6) is 5.75 Å². The van der Waals surface area contributed by atoms with Gasteiger partial charge in [0.25, 0.3) is 5.69 Å². The van der Waals surface area contributed by atoms with Crippen LogP contribution in [0.25, 0.3) is 0 Å². The maximum absolute atomic E-state index is 12.7. The van der Waals surface area contributed by atoms with E-state index in [2.05, 4.69) is 0 Å². The Bertz CT molecular complexity index is 572. The zero-order valence-corrected chi connectivity index (χ0v) is 11.3. The number of nitro groups is 1. The molecule has 0 amide bonds. The van der Waals surface area contributed by atoms with E-state index in [0.29, 0.717) is 18.1 Å². The molecule has 104 valence electrons. The van der Waals surface area contributed by atoms with E-state index in [1.807, 2.05) is 0 Å². The van der Waals surface area contributed by atoms with Crippen molar-refractivity contribution in [3.8, 4) is 5.75 Å². The summed E-state index contributed by atoms with van der Waals surface area (Å²) in [5, 5.41) is 10.5. The fraction of sp³-hybridized carbons (Fsp3) is 0.143. The van der Waals surface area contributed by atoms with E-state index in [1.165, 1.54) is 24.3 Å². The second-order valence-electron chi connectivity index (χ2n) is 3.90. The maximum atomic E-state index is 12.7. The SMILES string of the molecule is O=[N+]([O-])c1ccc(OCCSc2ccc(F)cc2)cc1. The van der Waals surface area contributed by atoms with E-state index in [9.17, 15) is 14.5 Å². The van der Waals surface area contributed by atoms with Gasteiger partial charge in [-0.05, 0) is 36.4 Å². The van der Waals surface area contributed by atoms with Crippen LogP contribution in [0.2, 0.25) is 0 Å². The molecule has 0 spiro atoms. The third-order valence-corrected chi connectivity index (χ3v) is 3.46. The van der Waals surface area contributed by atoms with Crippen molar-refractivity contribution >= 4 is 17.4 Å². The predicted molar refractivity (Wildman–Crippen MR) is 75.7 cm³/mol. The molecule has 0 aliphatic carbocycles. The first-order chi connectivity index (χ1) is 9.65. The summed E-state index contributed by atoms with van der Waals surface area (Å²) in [6, 6.07) is 12.2. The minimum atomic E-state index is -0.450. The van der Waals surface area contributed by atoms with Gasteiger partial charge < -0.3 is 4.74 Å². The molecule has 0 aromatic heterocycles. The summed E-state index contributed by atoms with van der Waals surface area (Å²) in [4.78, 5) is 11.0. The van der Waals surface area contributed by atoms with Crippen molar-refractivity contribution in [1.82, 2.24) is 0 Å². The summed E-state index contributed by atoms with van der Waals surface area (Å²) < 4.78 is 18.2. The summed E-state index contributed by atoms with van der Waals surface area (Å²) in [7, 11) is 0. The van der Waals surface area contributed by atoms with Crippen molar-refractivity contribution in [1.29, 1.82) is 0 Å². The van der Waals surface area contributed by atoms with Gasteiger partial charge in [-0.25, -0.2) is 4.39 Å². The minimum absolute atomic E-state index is 0.0398. The van der Waals surface area contributed by atoms with Crippen LogP contribution in [0.15, 0.2) is 53.4 Å². The Morgan fingerprint density at radius 3 is 2.35 bits per heavy atom. The third-order valence-electron chi connectivity index (χ3n) is 2.48. The van der Waals surface area contributed by atoms with Crippen LogP contribution in [0.4, 0.5) is 10.1 Å². The lowest BCUT2D eigenvalue weighted by Gasteiger charge is -2.05. The quantitative estimate of drug-likeness (QED) is 0.351. The normalized spacial score (nSPS) is 10.2. The lowest BCUT2D eigenvalue weighted by atomic mass is 10.3. The fourth-order valence-electron chi connectivity index (χ4n) is 1.51. The lowest BCUT2D eigenvalue weighted by molar-refractivity contribution is -0.384. The van der Waals surface area contributed by atoms with E-state index >= 15 is 0 Å². The van der Waals surface area contributed by atoms with Gasteiger partial charge in [-0.3, -0.25) is 10.1 Å². The molecule has 2 aromatic carbocycles. The number of ether oxygens (including phenoxy) is 1. The number of non-ortho nitro benzene ring substituents is 1. The zero-order valence-electron chi connectivity index (χ0n) is 10.5. The van der Waals surface area contributed by atoms with Gasteiger partial charge in [0.2, 0.25) is 0 Å². The maximum Gasteiger partial charge on any atom is 0.269 e. The summed E-state index contributed by atoms with van der Waals surface area (Å²) in [6.45, 7) is 0.472. The number of rotatable bonds is 6. The average Bonchev–Trinajstić information content (AvgIpc) is 2.46. The molecule has 0 radical (unpaired) electrons. The molecule has 0 aliphatic heterocycles. The molecule has 0 unspecified atom stereocenters. The van der Waals surface area contributed by atoms with Crippen molar-refractivity contribution < 1.29 is 14.1 Å². The Hall–Kier alpha value is -2.08. The molecule has 4 nitrogen and oxygen atoms in total. The summed E-state index contributed by atoms with van der Waals surface area (Å²) in [5.41, 5.74) is 0.0398. The molecular weight excluding hydrogens is 281 g/mol. The monoisotopic (exact) mass is 293 g/mol. The van der Waals surface area contributed by atoms with Crippen LogP contribution in [0.3, 0.4) is 0 Å². The lowest BCUT2D eigenvalue weighted by Crippen LogP contribution is -2.00. The molecule has 0 bridgehead atoms. The highest BCUT2D eigenvalue weighted by molar-refractivity contribution is 7.99. The number of halogens is 1. The smallest absolute Gasteiger partial charge is 0.269 e. The highest BCUT2D eigenvalue weighted by atomic mass is 32.2. The molecule has 0 aliphatic rings. The van der Waals surface area contributed by atoms with Crippen LogP contribution >= 0.6 is 11.8 Å². The van der Waals surface area contributed by atoms with Gasteiger partial charge in [0.05, 0.1) is 11.5 Å². The fourth-order valence-corrected chi connectivity index (χ4v) is 2.24. The molecule has 0 fully saturated rings. The van der Waals surface area contributed by atoms with Gasteiger partial charge in [0, 0.05) is 22.8 Å². The topological polar surface area (TPSA) is 52.4 Å². The van der Waals surface area contributed by atoms with E-state index < -0.39 is 4.92 Å².